The largest absolute Gasteiger partial charge is 0.493 e. The number of amides is 1. The van der Waals surface area contributed by atoms with Gasteiger partial charge >= 0.3 is 0 Å². The molecule has 5 heteroatoms. The number of aryl methyl sites for hydroxylation is 1. The van der Waals surface area contributed by atoms with Crippen LogP contribution in [-0.2, 0) is 16.1 Å². The third-order valence-corrected chi connectivity index (χ3v) is 4.79. The van der Waals surface area contributed by atoms with Gasteiger partial charge in [-0.2, -0.15) is 0 Å². The maximum absolute atomic E-state index is 12.0. The summed E-state index contributed by atoms with van der Waals surface area (Å²) >= 11 is 0. The van der Waals surface area contributed by atoms with Crippen LogP contribution in [0.15, 0.2) is 48.5 Å². The third kappa shape index (κ3) is 5.60. The zero-order valence-corrected chi connectivity index (χ0v) is 16.4. The van der Waals surface area contributed by atoms with Crippen LogP contribution in [0.4, 0.5) is 0 Å². The van der Waals surface area contributed by atoms with Gasteiger partial charge in [-0.3, -0.25) is 4.79 Å². The van der Waals surface area contributed by atoms with E-state index in [1.165, 1.54) is 11.6 Å². The normalized spacial score (nSPS) is 16.3. The van der Waals surface area contributed by atoms with Gasteiger partial charge in [0, 0.05) is 19.2 Å². The lowest BCUT2D eigenvalue weighted by Gasteiger charge is -2.12. The summed E-state index contributed by atoms with van der Waals surface area (Å²) in [6, 6.07) is 13.7. The minimum Gasteiger partial charge on any atom is -0.493 e. The van der Waals surface area contributed by atoms with Crippen molar-refractivity contribution in [1.82, 2.24) is 5.32 Å². The number of benzene rings is 2. The molecule has 0 saturated carbocycles. The quantitative estimate of drug-likeness (QED) is 0.705. The zero-order chi connectivity index (χ0) is 19.8. The van der Waals surface area contributed by atoms with Crippen molar-refractivity contribution < 1.29 is 19.0 Å². The van der Waals surface area contributed by atoms with Gasteiger partial charge in [0.1, 0.15) is 6.61 Å². The number of carbonyl (C=O) groups excluding carboxylic acids is 1. The molecule has 1 N–H and O–H groups in total. The number of ether oxygens (including phenoxy) is 3. The van der Waals surface area contributed by atoms with Crippen LogP contribution in [0.5, 0.6) is 11.5 Å². The Bertz CT molecular complexity index is 825. The van der Waals surface area contributed by atoms with Crippen molar-refractivity contribution in [3.8, 4) is 11.5 Å². The lowest BCUT2D eigenvalue weighted by Crippen LogP contribution is -2.30. The van der Waals surface area contributed by atoms with Crippen LogP contribution in [0.25, 0.3) is 6.08 Å². The van der Waals surface area contributed by atoms with Gasteiger partial charge in [0.2, 0.25) is 5.91 Å². The highest BCUT2D eigenvalue weighted by Gasteiger charge is 2.15. The minimum atomic E-state index is -0.130. The monoisotopic (exact) mass is 381 g/mol. The van der Waals surface area contributed by atoms with Crippen molar-refractivity contribution in [1.29, 1.82) is 0 Å². The molecule has 1 atom stereocenters. The van der Waals surface area contributed by atoms with E-state index in [1.807, 2.05) is 36.4 Å². The first-order valence-electron chi connectivity index (χ1n) is 9.58. The molecule has 1 aliphatic rings. The predicted octanol–water partition coefficient (Wildman–Crippen LogP) is 3.89. The molecule has 0 radical (unpaired) electrons. The van der Waals surface area contributed by atoms with Gasteiger partial charge in [-0.05, 0) is 54.7 Å². The van der Waals surface area contributed by atoms with Crippen LogP contribution >= 0.6 is 0 Å². The van der Waals surface area contributed by atoms with E-state index in [-0.39, 0.29) is 12.0 Å². The first kappa shape index (κ1) is 20.0. The highest BCUT2D eigenvalue weighted by atomic mass is 16.5. The number of nitrogens with one attached hydrogen (secondary N) is 1. The van der Waals surface area contributed by atoms with Gasteiger partial charge in [0.25, 0.3) is 0 Å². The maximum Gasteiger partial charge on any atom is 0.244 e. The molecule has 1 heterocycles. The summed E-state index contributed by atoms with van der Waals surface area (Å²) in [6.07, 6.45) is 5.50. The maximum atomic E-state index is 12.0. The van der Waals surface area contributed by atoms with Crippen molar-refractivity contribution in [2.45, 2.75) is 32.5 Å². The first-order valence-corrected chi connectivity index (χ1v) is 9.58. The summed E-state index contributed by atoms with van der Waals surface area (Å²) in [7, 11) is 1.61. The molecule has 1 aliphatic heterocycles. The van der Waals surface area contributed by atoms with E-state index >= 15 is 0 Å². The van der Waals surface area contributed by atoms with Crippen molar-refractivity contribution >= 4 is 12.0 Å². The van der Waals surface area contributed by atoms with Crippen LogP contribution in [0.1, 0.15) is 29.5 Å². The standard InChI is InChI=1S/C23H27NO4/c1-17-6-3-4-7-19(17)16-28-21-11-9-18(14-22(21)26-2)10-12-23(25)24-15-20-8-5-13-27-20/h3-4,6-7,9-12,14,20H,5,8,13,15-16H2,1-2H3,(H,24,25)/b12-10+/t20-/m0/s1. The number of methoxy groups -OCH3 is 1. The average molecular weight is 381 g/mol. The molecule has 0 bridgehead atoms. The molecule has 148 valence electrons. The third-order valence-electron chi connectivity index (χ3n) is 4.79. The average Bonchev–Trinajstić information content (AvgIpc) is 3.24. The molecule has 2 aromatic carbocycles. The molecule has 0 unspecified atom stereocenters. The van der Waals surface area contributed by atoms with E-state index in [9.17, 15) is 4.79 Å². The molecular weight excluding hydrogens is 354 g/mol. The predicted molar refractivity (Wildman–Crippen MR) is 110 cm³/mol. The number of carbonyl (C=O) groups is 1. The minimum absolute atomic E-state index is 0.130. The molecule has 28 heavy (non-hydrogen) atoms. The van der Waals surface area contributed by atoms with E-state index in [4.69, 9.17) is 14.2 Å². The van der Waals surface area contributed by atoms with Gasteiger partial charge < -0.3 is 19.5 Å². The Morgan fingerprint density at radius 2 is 2.11 bits per heavy atom. The molecular formula is C23H27NO4. The van der Waals surface area contributed by atoms with Crippen molar-refractivity contribution in [3.05, 3.63) is 65.2 Å². The molecule has 5 nitrogen and oxygen atoms in total. The summed E-state index contributed by atoms with van der Waals surface area (Å²) in [5.41, 5.74) is 3.19. The summed E-state index contributed by atoms with van der Waals surface area (Å²) < 4.78 is 16.9. The molecule has 1 amide bonds. The van der Waals surface area contributed by atoms with Crippen molar-refractivity contribution in [3.63, 3.8) is 0 Å². The Labute approximate surface area is 166 Å². The van der Waals surface area contributed by atoms with Crippen molar-refractivity contribution in [2.75, 3.05) is 20.3 Å². The van der Waals surface area contributed by atoms with E-state index in [1.54, 1.807) is 13.2 Å². The van der Waals surface area contributed by atoms with E-state index in [0.717, 1.165) is 30.6 Å². The second kappa shape index (κ2) is 9.95. The van der Waals surface area contributed by atoms with Crippen LogP contribution < -0.4 is 14.8 Å². The summed E-state index contributed by atoms with van der Waals surface area (Å²) in [5.74, 6) is 1.18. The Hall–Kier alpha value is -2.79. The lowest BCUT2D eigenvalue weighted by molar-refractivity contribution is -0.116. The number of rotatable bonds is 8. The topological polar surface area (TPSA) is 56.8 Å². The first-order chi connectivity index (χ1) is 13.7. The number of hydrogen-bond acceptors (Lipinski definition) is 4. The molecule has 1 saturated heterocycles. The van der Waals surface area contributed by atoms with Gasteiger partial charge in [-0.25, -0.2) is 0 Å². The highest BCUT2D eigenvalue weighted by Crippen LogP contribution is 2.29. The fraction of sp³-hybridized carbons (Fsp3) is 0.348. The van der Waals surface area contributed by atoms with Crippen molar-refractivity contribution in [2.24, 2.45) is 0 Å². The molecule has 2 aromatic rings. The van der Waals surface area contributed by atoms with Crippen LogP contribution in [0.3, 0.4) is 0 Å². The lowest BCUT2D eigenvalue weighted by atomic mass is 10.1. The Morgan fingerprint density at radius 3 is 2.86 bits per heavy atom. The van der Waals surface area contributed by atoms with Crippen LogP contribution in [0.2, 0.25) is 0 Å². The second-order valence-corrected chi connectivity index (χ2v) is 6.84. The van der Waals surface area contributed by atoms with Gasteiger partial charge in [0.05, 0.1) is 13.2 Å². The van der Waals surface area contributed by atoms with E-state index < -0.39 is 0 Å². The molecule has 0 aromatic heterocycles. The van der Waals surface area contributed by atoms with Gasteiger partial charge in [-0.15, -0.1) is 0 Å². The zero-order valence-electron chi connectivity index (χ0n) is 16.4. The summed E-state index contributed by atoms with van der Waals surface area (Å²) in [6.45, 7) is 3.88. The second-order valence-electron chi connectivity index (χ2n) is 6.84. The van der Waals surface area contributed by atoms with Crippen LogP contribution in [0, 0.1) is 6.92 Å². The smallest absolute Gasteiger partial charge is 0.244 e. The Balaban J connectivity index is 1.57. The highest BCUT2D eigenvalue weighted by molar-refractivity contribution is 5.91. The summed E-state index contributed by atoms with van der Waals surface area (Å²) in [5, 5.41) is 2.87. The molecule has 0 aliphatic carbocycles. The Kier molecular flexibility index (Phi) is 7.09. The van der Waals surface area contributed by atoms with Gasteiger partial charge in [-0.1, -0.05) is 30.3 Å². The molecule has 1 fully saturated rings. The SMILES string of the molecule is COc1cc(/C=C/C(=O)NC[C@@H]2CCCO2)ccc1OCc1ccccc1C. The molecule has 3 rings (SSSR count). The van der Waals surface area contributed by atoms with Crippen LogP contribution in [-0.4, -0.2) is 32.3 Å². The number of hydrogen-bond donors (Lipinski definition) is 1. The van der Waals surface area contributed by atoms with E-state index in [2.05, 4.69) is 18.3 Å². The fourth-order valence-corrected chi connectivity index (χ4v) is 3.09. The summed E-state index contributed by atoms with van der Waals surface area (Å²) in [4.78, 5) is 12.0. The Morgan fingerprint density at radius 1 is 1.25 bits per heavy atom. The van der Waals surface area contributed by atoms with E-state index in [0.29, 0.717) is 24.7 Å². The molecule has 0 spiro atoms. The van der Waals surface area contributed by atoms with Gasteiger partial charge in [0.15, 0.2) is 11.5 Å². The fourth-order valence-electron chi connectivity index (χ4n) is 3.09.